The number of Topliss-reactive ketones (excluding diaryl/α,β-unsaturated/α-hetero) is 1. The molecule has 4 heterocycles. The number of likely N-dealkylation sites (N-methyl/N-ethyl adjacent to an activating group) is 1. The average Bonchev–Trinajstić information content (AvgIpc) is 3.58. The molecule has 0 bridgehead atoms. The number of rotatable bonds is 8. The maximum absolute atomic E-state index is 14.7. The zero-order valence-corrected chi connectivity index (χ0v) is 22.1. The van der Waals surface area contributed by atoms with Gasteiger partial charge in [0.2, 0.25) is 5.88 Å². The molecule has 0 aliphatic carbocycles. The number of fused-ring (bicyclic) bond motifs is 2. The second-order valence-corrected chi connectivity index (χ2v) is 9.91. The Balaban J connectivity index is 1.19. The summed E-state index contributed by atoms with van der Waals surface area (Å²) in [5, 5.41) is 11.9. The van der Waals surface area contributed by atoms with Gasteiger partial charge in [0.05, 0.1) is 5.52 Å². The number of hydrogen-bond donors (Lipinski definition) is 1. The Morgan fingerprint density at radius 3 is 2.88 bits per heavy atom. The van der Waals surface area contributed by atoms with Gasteiger partial charge in [-0.05, 0) is 80.9 Å². The minimum absolute atomic E-state index is 0.0289. The van der Waals surface area contributed by atoms with Crippen molar-refractivity contribution in [3.63, 3.8) is 0 Å². The van der Waals surface area contributed by atoms with E-state index >= 15 is 0 Å². The lowest BCUT2D eigenvalue weighted by Crippen LogP contribution is -2.23. The molecule has 2 aromatic carbocycles. The van der Waals surface area contributed by atoms with Gasteiger partial charge in [-0.2, -0.15) is 0 Å². The van der Waals surface area contributed by atoms with Gasteiger partial charge in [-0.3, -0.25) is 14.1 Å². The second kappa shape index (κ2) is 10.8. The van der Waals surface area contributed by atoms with E-state index in [2.05, 4.69) is 35.4 Å². The first kappa shape index (κ1) is 25.5. The summed E-state index contributed by atoms with van der Waals surface area (Å²) in [5.41, 5.74) is 3.72. The van der Waals surface area contributed by atoms with E-state index < -0.39 is 11.6 Å². The third kappa shape index (κ3) is 5.36. The maximum atomic E-state index is 14.7. The van der Waals surface area contributed by atoms with Crippen LogP contribution in [0.25, 0.3) is 16.6 Å². The van der Waals surface area contributed by atoms with Crippen LogP contribution in [0.3, 0.4) is 0 Å². The van der Waals surface area contributed by atoms with Gasteiger partial charge >= 0.3 is 0 Å². The van der Waals surface area contributed by atoms with Gasteiger partial charge in [0.15, 0.2) is 17.3 Å². The van der Waals surface area contributed by atoms with Crippen LogP contribution in [0.4, 0.5) is 15.9 Å². The molecule has 0 amide bonds. The average molecular weight is 539 g/mol. The largest absolute Gasteiger partial charge is 0.439 e. The van der Waals surface area contributed by atoms with E-state index in [0.29, 0.717) is 34.2 Å². The van der Waals surface area contributed by atoms with Crippen molar-refractivity contribution in [3.8, 4) is 11.6 Å². The fourth-order valence-electron chi connectivity index (χ4n) is 4.85. The first-order valence-electron chi connectivity index (χ1n) is 13.0. The van der Waals surface area contributed by atoms with E-state index in [4.69, 9.17) is 4.74 Å². The van der Waals surface area contributed by atoms with Crippen LogP contribution >= 0.6 is 0 Å². The van der Waals surface area contributed by atoms with Crippen LogP contribution in [0.15, 0.2) is 73.3 Å². The number of nitrogens with one attached hydrogen (secondary N) is 1. The summed E-state index contributed by atoms with van der Waals surface area (Å²) in [6.07, 6.45) is 7.92. The summed E-state index contributed by atoms with van der Waals surface area (Å²) in [6, 6.07) is 12.8. The number of ketones is 1. The van der Waals surface area contributed by atoms with Gasteiger partial charge in [-0.1, -0.05) is 6.07 Å². The minimum atomic E-state index is -0.684. The standard InChI is InChI=1S/C29H27FN8O2/c1-18-10-20(6-8-26(18)40-28-14-27-36-34-17-38(27)16-33-28)35-29-22-11-19(5-7-24(22)31-15-32-29)12-25(39)23(30)13-21-4-3-9-37(21)2/h5-8,10-11,13-17,21H,3-4,9,12H2,1-2H3,(H,31,32,35)/b23-13+/t21-/m1/s1. The second-order valence-electron chi connectivity index (χ2n) is 9.91. The molecule has 1 aliphatic rings. The molecule has 10 nitrogen and oxygen atoms in total. The fraction of sp³-hybridized carbons (Fsp3) is 0.241. The number of anilines is 2. The molecule has 5 aromatic rings. The molecule has 1 N–H and O–H groups in total. The molecular weight excluding hydrogens is 511 g/mol. The molecular formula is C29H27FN8O2. The molecule has 40 heavy (non-hydrogen) atoms. The maximum Gasteiger partial charge on any atom is 0.224 e. The topological polar surface area (TPSA) is 110 Å². The minimum Gasteiger partial charge on any atom is -0.439 e. The molecule has 11 heteroatoms. The Hall–Kier alpha value is -4.77. The molecule has 1 atom stereocenters. The number of allylic oxidation sites excluding steroid dienone is 1. The molecule has 6 rings (SSSR count). The molecule has 1 fully saturated rings. The Morgan fingerprint density at radius 2 is 2.05 bits per heavy atom. The van der Waals surface area contributed by atoms with Crippen LogP contribution in [0, 0.1) is 6.92 Å². The zero-order chi connectivity index (χ0) is 27.6. The molecule has 0 radical (unpaired) electrons. The summed E-state index contributed by atoms with van der Waals surface area (Å²) < 4.78 is 22.3. The summed E-state index contributed by atoms with van der Waals surface area (Å²) in [7, 11) is 1.95. The number of carbonyl (C=O) groups is 1. The Bertz CT molecular complexity index is 1750. The molecule has 0 saturated carbocycles. The predicted octanol–water partition coefficient (Wildman–Crippen LogP) is 4.97. The number of aromatic nitrogens is 6. The van der Waals surface area contributed by atoms with Crippen LogP contribution in [0.1, 0.15) is 24.0 Å². The van der Waals surface area contributed by atoms with Gasteiger partial charge in [0, 0.05) is 29.6 Å². The monoisotopic (exact) mass is 538 g/mol. The first-order chi connectivity index (χ1) is 19.4. The third-order valence-electron chi connectivity index (χ3n) is 7.06. The molecule has 1 saturated heterocycles. The smallest absolute Gasteiger partial charge is 0.224 e. The van der Waals surface area contributed by atoms with Crippen molar-refractivity contribution in [3.05, 3.63) is 84.5 Å². The van der Waals surface area contributed by atoms with Crippen molar-refractivity contribution in [2.45, 2.75) is 32.2 Å². The van der Waals surface area contributed by atoms with E-state index in [1.165, 1.54) is 12.4 Å². The van der Waals surface area contributed by atoms with Crippen molar-refractivity contribution >= 4 is 33.8 Å². The van der Waals surface area contributed by atoms with Crippen molar-refractivity contribution in [1.29, 1.82) is 0 Å². The van der Waals surface area contributed by atoms with Crippen molar-refractivity contribution in [1.82, 2.24) is 34.4 Å². The molecule has 3 aromatic heterocycles. The highest BCUT2D eigenvalue weighted by Crippen LogP contribution is 2.30. The summed E-state index contributed by atoms with van der Waals surface area (Å²) >= 11 is 0. The van der Waals surface area contributed by atoms with E-state index in [-0.39, 0.29) is 12.5 Å². The first-order valence-corrected chi connectivity index (χ1v) is 13.0. The fourth-order valence-corrected chi connectivity index (χ4v) is 4.85. The number of nitrogens with zero attached hydrogens (tertiary/aromatic N) is 7. The summed E-state index contributed by atoms with van der Waals surface area (Å²) in [5.74, 6) is 0.421. The van der Waals surface area contributed by atoms with E-state index in [0.717, 1.165) is 36.0 Å². The number of aryl methyl sites for hydroxylation is 1. The number of likely N-dealkylation sites (tertiary alicyclic amines) is 1. The number of carbonyl (C=O) groups excluding carboxylic acids is 1. The van der Waals surface area contributed by atoms with E-state index in [1.54, 1.807) is 29.2 Å². The molecule has 202 valence electrons. The van der Waals surface area contributed by atoms with E-state index in [9.17, 15) is 9.18 Å². The molecule has 0 unspecified atom stereocenters. The van der Waals surface area contributed by atoms with Gasteiger partial charge < -0.3 is 10.1 Å². The van der Waals surface area contributed by atoms with Crippen molar-refractivity contribution in [2.24, 2.45) is 0 Å². The summed E-state index contributed by atoms with van der Waals surface area (Å²) in [4.78, 5) is 27.8. The van der Waals surface area contributed by atoms with Crippen molar-refractivity contribution < 1.29 is 13.9 Å². The lowest BCUT2D eigenvalue weighted by Gasteiger charge is -2.15. The van der Waals surface area contributed by atoms with Crippen LogP contribution in [-0.2, 0) is 11.2 Å². The molecule has 0 spiro atoms. The van der Waals surface area contributed by atoms with Crippen LogP contribution < -0.4 is 10.1 Å². The van der Waals surface area contributed by atoms with Gasteiger partial charge in [0.25, 0.3) is 0 Å². The Kier molecular flexibility index (Phi) is 6.87. The number of hydrogen-bond acceptors (Lipinski definition) is 9. The third-order valence-corrected chi connectivity index (χ3v) is 7.06. The lowest BCUT2D eigenvalue weighted by atomic mass is 10.0. The van der Waals surface area contributed by atoms with Crippen LogP contribution in [0.5, 0.6) is 11.6 Å². The van der Waals surface area contributed by atoms with Crippen molar-refractivity contribution in [2.75, 3.05) is 18.9 Å². The lowest BCUT2D eigenvalue weighted by molar-refractivity contribution is -0.116. The van der Waals surface area contributed by atoms with Gasteiger partial charge in [0.1, 0.15) is 30.5 Å². The highest BCUT2D eigenvalue weighted by Gasteiger charge is 2.21. The predicted molar refractivity (Wildman–Crippen MR) is 148 cm³/mol. The molecule has 1 aliphatic heterocycles. The quantitative estimate of drug-likeness (QED) is 0.274. The highest BCUT2D eigenvalue weighted by molar-refractivity contribution is 5.96. The Labute approximate surface area is 229 Å². The number of halogens is 1. The zero-order valence-electron chi connectivity index (χ0n) is 22.1. The SMILES string of the molecule is Cc1cc(Nc2ncnc3ccc(CC(=O)/C(F)=C\[C@H]4CCCN4C)cc23)ccc1Oc1cc2nncn2cn1. The van der Waals surface area contributed by atoms with E-state index in [1.807, 2.05) is 44.3 Å². The van der Waals surface area contributed by atoms with Crippen LogP contribution in [0.2, 0.25) is 0 Å². The normalized spacial score (nSPS) is 16.1. The Morgan fingerprint density at radius 1 is 1.15 bits per heavy atom. The number of benzene rings is 2. The summed E-state index contributed by atoms with van der Waals surface area (Å²) in [6.45, 7) is 2.85. The van der Waals surface area contributed by atoms with Gasteiger partial charge in [-0.15, -0.1) is 10.2 Å². The van der Waals surface area contributed by atoms with Crippen LogP contribution in [-0.4, -0.2) is 59.9 Å². The van der Waals surface area contributed by atoms with Gasteiger partial charge in [-0.25, -0.2) is 19.3 Å². The number of ether oxygens (including phenoxy) is 1. The highest BCUT2D eigenvalue weighted by atomic mass is 19.1.